The van der Waals surface area contributed by atoms with Gasteiger partial charge in [-0.25, -0.2) is 13.4 Å². The highest BCUT2D eigenvalue weighted by atomic mass is 32.2. The second-order valence-corrected chi connectivity index (χ2v) is 12.2. The highest BCUT2D eigenvalue weighted by Crippen LogP contribution is 2.54. The molecule has 0 bridgehead atoms. The lowest BCUT2D eigenvalue weighted by atomic mass is 9.93. The number of carbonyl (C=O) groups excluding carboxylic acids is 1. The Hall–Kier alpha value is -2.85. The number of sulfonamides is 1. The van der Waals surface area contributed by atoms with Crippen molar-refractivity contribution in [3.05, 3.63) is 42.0 Å². The van der Waals surface area contributed by atoms with E-state index in [2.05, 4.69) is 24.8 Å². The zero-order chi connectivity index (χ0) is 25.3. The van der Waals surface area contributed by atoms with E-state index in [-0.39, 0.29) is 17.8 Å². The molecule has 2 saturated heterocycles. The topological polar surface area (TPSA) is 104 Å². The average molecular weight is 514 g/mol. The van der Waals surface area contributed by atoms with Gasteiger partial charge in [0.15, 0.2) is 0 Å². The maximum absolute atomic E-state index is 13.5. The first-order chi connectivity index (χ1) is 17.3. The molecular formula is C26H35N5O4S. The quantitative estimate of drug-likeness (QED) is 0.582. The predicted molar refractivity (Wildman–Crippen MR) is 142 cm³/mol. The Morgan fingerprint density at radius 2 is 1.89 bits per heavy atom. The molecule has 1 spiro atoms. The number of nitrogens with zero attached hydrogens (tertiary/aromatic N) is 3. The number of anilines is 4. The Bertz CT molecular complexity index is 1220. The van der Waals surface area contributed by atoms with E-state index in [0.29, 0.717) is 29.1 Å². The van der Waals surface area contributed by atoms with E-state index in [1.807, 2.05) is 19.1 Å². The zero-order valence-corrected chi connectivity index (χ0v) is 21.8. The molecule has 1 aromatic carbocycles. The molecule has 3 fully saturated rings. The van der Waals surface area contributed by atoms with Crippen molar-refractivity contribution in [2.75, 3.05) is 58.4 Å². The molecule has 1 amide bonds. The summed E-state index contributed by atoms with van der Waals surface area (Å²) in [4.78, 5) is 22.5. The van der Waals surface area contributed by atoms with Crippen molar-refractivity contribution in [1.29, 1.82) is 0 Å². The van der Waals surface area contributed by atoms with Gasteiger partial charge in [-0.05, 0) is 75.3 Å². The number of aromatic nitrogens is 1. The fourth-order valence-electron chi connectivity index (χ4n) is 5.08. The van der Waals surface area contributed by atoms with Crippen molar-refractivity contribution < 1.29 is 17.9 Å². The third-order valence-corrected chi connectivity index (χ3v) is 8.87. The average Bonchev–Trinajstić information content (AvgIpc) is 3.63. The van der Waals surface area contributed by atoms with Crippen LogP contribution < -0.4 is 19.8 Å². The molecule has 3 aliphatic rings. The van der Waals surface area contributed by atoms with E-state index < -0.39 is 10.0 Å². The summed E-state index contributed by atoms with van der Waals surface area (Å²) in [5.41, 5.74) is 2.21. The fraction of sp³-hybridized carbons (Fsp3) is 0.538. The molecule has 5 rings (SSSR count). The van der Waals surface area contributed by atoms with E-state index in [1.165, 1.54) is 12.8 Å². The van der Waals surface area contributed by atoms with Crippen LogP contribution in [0.2, 0.25) is 0 Å². The zero-order valence-electron chi connectivity index (χ0n) is 21.0. The Kier molecular flexibility index (Phi) is 6.82. The largest absolute Gasteiger partial charge is 0.375 e. The van der Waals surface area contributed by atoms with Gasteiger partial charge in [0.2, 0.25) is 10.0 Å². The summed E-state index contributed by atoms with van der Waals surface area (Å²) < 4.78 is 32.6. The predicted octanol–water partition coefficient (Wildman–Crippen LogP) is 3.70. The number of rotatable bonds is 7. The Labute approximate surface area is 213 Å². The molecule has 10 heteroatoms. The second-order valence-electron chi connectivity index (χ2n) is 10.2. The van der Waals surface area contributed by atoms with Gasteiger partial charge in [-0.1, -0.05) is 6.07 Å². The highest BCUT2D eigenvalue weighted by Gasteiger charge is 2.44. The lowest BCUT2D eigenvalue weighted by molar-refractivity contribution is 0.0529. The number of nitrogens with one attached hydrogen (secondary N) is 2. The fourth-order valence-corrected chi connectivity index (χ4v) is 5.71. The number of morpholine rings is 1. The molecule has 1 aliphatic carbocycles. The minimum absolute atomic E-state index is 0.0132. The number of benzene rings is 1. The van der Waals surface area contributed by atoms with Crippen molar-refractivity contribution in [3.63, 3.8) is 0 Å². The van der Waals surface area contributed by atoms with Crippen molar-refractivity contribution in [3.8, 4) is 0 Å². The molecule has 0 radical (unpaired) electrons. The molecule has 3 heterocycles. The summed E-state index contributed by atoms with van der Waals surface area (Å²) in [5, 5.41) is 2.96. The first kappa shape index (κ1) is 24.8. The monoisotopic (exact) mass is 513 g/mol. The first-order valence-electron chi connectivity index (χ1n) is 12.8. The lowest BCUT2D eigenvalue weighted by Crippen LogP contribution is -2.41. The molecule has 1 saturated carbocycles. The Balaban J connectivity index is 1.38. The van der Waals surface area contributed by atoms with Crippen LogP contribution in [-0.4, -0.2) is 64.0 Å². The van der Waals surface area contributed by atoms with E-state index in [1.54, 1.807) is 31.2 Å². The minimum Gasteiger partial charge on any atom is -0.375 e. The third-order valence-electron chi connectivity index (χ3n) is 7.56. The number of amides is 1. The minimum atomic E-state index is -3.42. The van der Waals surface area contributed by atoms with Gasteiger partial charge in [0.1, 0.15) is 11.6 Å². The molecule has 194 valence electrons. The number of hydrogen-bond acceptors (Lipinski definition) is 7. The van der Waals surface area contributed by atoms with E-state index in [9.17, 15) is 13.2 Å². The molecule has 1 aromatic heterocycles. The molecule has 9 nitrogen and oxygen atoms in total. The summed E-state index contributed by atoms with van der Waals surface area (Å²) in [5.74, 6) is 1.01. The number of piperidine rings is 1. The van der Waals surface area contributed by atoms with Crippen LogP contribution >= 0.6 is 0 Å². The van der Waals surface area contributed by atoms with Crippen LogP contribution in [0, 0.1) is 5.41 Å². The summed E-state index contributed by atoms with van der Waals surface area (Å²) in [6.45, 7) is 7.50. The van der Waals surface area contributed by atoms with Gasteiger partial charge < -0.3 is 19.9 Å². The highest BCUT2D eigenvalue weighted by molar-refractivity contribution is 7.92. The van der Waals surface area contributed by atoms with E-state index >= 15 is 0 Å². The smallest absolute Gasteiger partial charge is 0.258 e. The lowest BCUT2D eigenvalue weighted by Gasteiger charge is -2.35. The van der Waals surface area contributed by atoms with Crippen LogP contribution in [-0.2, 0) is 14.8 Å². The number of pyridine rings is 1. The van der Waals surface area contributed by atoms with Crippen LogP contribution in [0.3, 0.4) is 0 Å². The maximum Gasteiger partial charge on any atom is 0.258 e. The summed E-state index contributed by atoms with van der Waals surface area (Å²) in [6, 6.07) is 10.7. The molecular weight excluding hydrogens is 478 g/mol. The van der Waals surface area contributed by atoms with Gasteiger partial charge in [-0.15, -0.1) is 0 Å². The van der Waals surface area contributed by atoms with Crippen LogP contribution in [0.15, 0.2) is 36.4 Å². The van der Waals surface area contributed by atoms with Gasteiger partial charge in [0, 0.05) is 26.2 Å². The van der Waals surface area contributed by atoms with Gasteiger partial charge in [-0.2, -0.15) is 0 Å². The summed E-state index contributed by atoms with van der Waals surface area (Å²) in [7, 11) is -3.42. The molecule has 1 atom stereocenters. The number of ether oxygens (including phenoxy) is 1. The Morgan fingerprint density at radius 3 is 2.58 bits per heavy atom. The Morgan fingerprint density at radius 1 is 1.11 bits per heavy atom. The number of carbonyl (C=O) groups is 1. The molecule has 2 aliphatic heterocycles. The van der Waals surface area contributed by atoms with Crippen molar-refractivity contribution in [2.24, 2.45) is 5.41 Å². The van der Waals surface area contributed by atoms with Crippen LogP contribution in [0.1, 0.15) is 49.9 Å². The van der Waals surface area contributed by atoms with Gasteiger partial charge in [0.25, 0.3) is 5.91 Å². The SMILES string of the molecule is CCS(=O)(=O)Nc1ccc(C(=O)Nc2cccc(N3CCO[C@H](C)C3)n2)c(N2CCC3(CC2)CC3)c1. The summed E-state index contributed by atoms with van der Waals surface area (Å²) >= 11 is 0. The van der Waals surface area contributed by atoms with Crippen molar-refractivity contribution in [2.45, 2.75) is 45.6 Å². The molecule has 2 aromatic rings. The van der Waals surface area contributed by atoms with Crippen molar-refractivity contribution >= 4 is 38.9 Å². The molecule has 0 unspecified atom stereocenters. The van der Waals surface area contributed by atoms with E-state index in [4.69, 9.17) is 4.74 Å². The van der Waals surface area contributed by atoms with Gasteiger partial charge in [0.05, 0.1) is 35.4 Å². The number of hydrogen-bond donors (Lipinski definition) is 2. The van der Waals surface area contributed by atoms with Gasteiger partial charge >= 0.3 is 0 Å². The third kappa shape index (κ3) is 5.59. The van der Waals surface area contributed by atoms with Crippen LogP contribution in [0.5, 0.6) is 0 Å². The normalized spacial score (nSPS) is 21.3. The first-order valence-corrected chi connectivity index (χ1v) is 14.5. The van der Waals surface area contributed by atoms with Crippen molar-refractivity contribution in [1.82, 2.24) is 4.98 Å². The van der Waals surface area contributed by atoms with E-state index in [0.717, 1.165) is 50.5 Å². The standard InChI is InChI=1S/C26H35N5O4S/c1-3-36(33,34)29-20-7-8-21(22(17-20)30-13-11-26(9-10-26)12-14-30)25(32)28-23-5-4-6-24(27-23)31-15-16-35-19(2)18-31/h4-8,17,19,29H,3,9-16,18H2,1-2H3,(H,27,28,32)/t19-/m1/s1. The van der Waals surface area contributed by atoms with Gasteiger partial charge in [-0.3, -0.25) is 9.52 Å². The molecule has 36 heavy (non-hydrogen) atoms. The molecule has 2 N–H and O–H groups in total. The van der Waals surface area contributed by atoms with Crippen LogP contribution in [0.25, 0.3) is 0 Å². The maximum atomic E-state index is 13.5. The second kappa shape index (κ2) is 9.89. The van der Waals surface area contributed by atoms with Crippen LogP contribution in [0.4, 0.5) is 23.0 Å². The summed E-state index contributed by atoms with van der Waals surface area (Å²) in [6.07, 6.45) is 4.90.